The topological polar surface area (TPSA) is 60.7 Å². The molecule has 5 heteroatoms. The molecule has 0 saturated heterocycles. The maximum atomic E-state index is 11.2. The zero-order chi connectivity index (χ0) is 21.3. The Kier molecular flexibility index (Phi) is 7.69. The van der Waals surface area contributed by atoms with Crippen LogP contribution in [0.5, 0.6) is 5.75 Å². The van der Waals surface area contributed by atoms with Gasteiger partial charge in [0.15, 0.2) is 6.10 Å². The van der Waals surface area contributed by atoms with Crippen molar-refractivity contribution in [2.45, 2.75) is 39.3 Å². The molecule has 0 spiro atoms. The van der Waals surface area contributed by atoms with Gasteiger partial charge in [-0.3, -0.25) is 0 Å². The van der Waals surface area contributed by atoms with Gasteiger partial charge in [-0.15, -0.1) is 0 Å². The largest absolute Gasteiger partial charge is 0.492 e. The van der Waals surface area contributed by atoms with Crippen LogP contribution in [0, 0.1) is 0 Å². The van der Waals surface area contributed by atoms with Crippen molar-refractivity contribution in [2.24, 2.45) is 0 Å². The molecule has 158 valence electrons. The van der Waals surface area contributed by atoms with Crippen LogP contribution in [0.15, 0.2) is 66.7 Å². The van der Waals surface area contributed by atoms with E-state index in [1.165, 1.54) is 17.0 Å². The number of carboxylic acid groups (broad SMARTS) is 1. The second-order valence-corrected chi connectivity index (χ2v) is 7.06. The van der Waals surface area contributed by atoms with Crippen molar-refractivity contribution < 1.29 is 19.4 Å². The highest BCUT2D eigenvalue weighted by Crippen LogP contribution is 2.23. The summed E-state index contributed by atoms with van der Waals surface area (Å²) in [4.78, 5) is 11.2. The van der Waals surface area contributed by atoms with Gasteiger partial charge in [0, 0.05) is 24.4 Å². The van der Waals surface area contributed by atoms with Crippen molar-refractivity contribution in [1.82, 2.24) is 4.57 Å². The second kappa shape index (κ2) is 10.6. The van der Waals surface area contributed by atoms with Crippen molar-refractivity contribution in [3.05, 3.63) is 78.0 Å². The van der Waals surface area contributed by atoms with E-state index in [0.717, 1.165) is 24.3 Å². The molecule has 1 heterocycles. The molecule has 0 saturated carbocycles. The first kappa shape index (κ1) is 21.7. The first-order valence-corrected chi connectivity index (χ1v) is 10.4. The van der Waals surface area contributed by atoms with Gasteiger partial charge < -0.3 is 19.1 Å². The van der Waals surface area contributed by atoms with Crippen molar-refractivity contribution >= 4 is 5.97 Å². The normalized spacial score (nSPS) is 11.9. The monoisotopic (exact) mass is 407 g/mol. The van der Waals surface area contributed by atoms with Crippen LogP contribution in [-0.2, 0) is 28.9 Å². The minimum absolute atomic E-state index is 0.340. The molecular weight excluding hydrogens is 378 g/mol. The van der Waals surface area contributed by atoms with Gasteiger partial charge in [-0.25, -0.2) is 4.79 Å². The summed E-state index contributed by atoms with van der Waals surface area (Å²) in [6, 6.07) is 22.3. The smallest absolute Gasteiger partial charge is 0.333 e. The van der Waals surface area contributed by atoms with E-state index in [0.29, 0.717) is 19.6 Å². The van der Waals surface area contributed by atoms with Gasteiger partial charge in [0.1, 0.15) is 12.4 Å². The maximum absolute atomic E-state index is 11.2. The quantitative estimate of drug-likeness (QED) is 0.495. The fourth-order valence-electron chi connectivity index (χ4n) is 3.55. The van der Waals surface area contributed by atoms with Crippen molar-refractivity contribution in [3.8, 4) is 17.0 Å². The first-order valence-electron chi connectivity index (χ1n) is 10.4. The molecule has 0 bridgehead atoms. The number of aliphatic carboxylic acids is 1. The van der Waals surface area contributed by atoms with Crippen LogP contribution in [0.3, 0.4) is 0 Å². The third kappa shape index (κ3) is 5.51. The number of aromatic nitrogens is 1. The summed E-state index contributed by atoms with van der Waals surface area (Å²) in [7, 11) is 0. The molecule has 1 unspecified atom stereocenters. The molecule has 2 aromatic carbocycles. The fraction of sp³-hybridized carbons (Fsp3) is 0.320. The highest BCUT2D eigenvalue weighted by molar-refractivity contribution is 5.72. The first-order chi connectivity index (χ1) is 14.6. The Hall–Kier alpha value is -3.05. The molecular formula is C25H29NO4. The Morgan fingerprint density at radius 2 is 1.73 bits per heavy atom. The summed E-state index contributed by atoms with van der Waals surface area (Å²) in [5.41, 5.74) is 4.59. The van der Waals surface area contributed by atoms with E-state index in [9.17, 15) is 9.90 Å². The Bertz CT molecular complexity index is 932. The van der Waals surface area contributed by atoms with Crippen LogP contribution in [0.2, 0.25) is 0 Å². The predicted octanol–water partition coefficient (Wildman–Crippen LogP) is 4.83. The molecule has 0 aliphatic heterocycles. The summed E-state index contributed by atoms with van der Waals surface area (Å²) in [6.45, 7) is 5.64. The molecule has 0 fully saturated rings. The Balaban J connectivity index is 1.61. The summed E-state index contributed by atoms with van der Waals surface area (Å²) in [5.74, 6) is -0.168. The summed E-state index contributed by atoms with van der Waals surface area (Å²) in [6.07, 6.45) is 0.485. The van der Waals surface area contributed by atoms with E-state index in [1.54, 1.807) is 6.92 Å². The van der Waals surface area contributed by atoms with Crippen molar-refractivity contribution in [2.75, 3.05) is 13.2 Å². The summed E-state index contributed by atoms with van der Waals surface area (Å²) >= 11 is 0. The lowest BCUT2D eigenvalue weighted by Crippen LogP contribution is -2.26. The van der Waals surface area contributed by atoms with Crippen LogP contribution in [-0.4, -0.2) is 35.0 Å². The minimum Gasteiger partial charge on any atom is -0.492 e. The van der Waals surface area contributed by atoms with E-state index >= 15 is 0 Å². The summed E-state index contributed by atoms with van der Waals surface area (Å²) < 4.78 is 13.5. The van der Waals surface area contributed by atoms with Crippen molar-refractivity contribution in [3.63, 3.8) is 0 Å². The van der Waals surface area contributed by atoms with Gasteiger partial charge in [-0.1, -0.05) is 49.4 Å². The van der Waals surface area contributed by atoms with Gasteiger partial charge in [0.25, 0.3) is 0 Å². The lowest BCUT2D eigenvalue weighted by Gasteiger charge is -2.15. The van der Waals surface area contributed by atoms with E-state index in [4.69, 9.17) is 9.47 Å². The molecule has 0 amide bonds. The Labute approximate surface area is 177 Å². The molecule has 30 heavy (non-hydrogen) atoms. The Morgan fingerprint density at radius 3 is 2.37 bits per heavy atom. The molecule has 3 aromatic rings. The number of hydrogen-bond acceptors (Lipinski definition) is 3. The number of ether oxygens (including phenoxy) is 2. The molecule has 0 aliphatic rings. The number of aryl methyl sites for hydroxylation is 1. The van der Waals surface area contributed by atoms with Crippen LogP contribution >= 0.6 is 0 Å². The molecule has 1 N–H and O–H groups in total. The maximum Gasteiger partial charge on any atom is 0.333 e. The van der Waals surface area contributed by atoms with Crippen molar-refractivity contribution in [1.29, 1.82) is 0 Å². The third-order valence-corrected chi connectivity index (χ3v) is 5.07. The zero-order valence-corrected chi connectivity index (χ0v) is 17.6. The second-order valence-electron chi connectivity index (χ2n) is 7.06. The number of benzene rings is 2. The SMILES string of the molecule is CCOC(Cc1ccc(OCCn2c(CC)ccc2-c2ccccc2)cc1)C(=O)O. The van der Waals surface area contributed by atoms with Crippen LogP contribution in [0.4, 0.5) is 0 Å². The van der Waals surface area contributed by atoms with Crippen LogP contribution < -0.4 is 4.74 Å². The highest BCUT2D eigenvalue weighted by atomic mass is 16.5. The van der Waals surface area contributed by atoms with Gasteiger partial charge in [-0.2, -0.15) is 0 Å². The summed E-state index contributed by atoms with van der Waals surface area (Å²) in [5, 5.41) is 9.22. The molecule has 0 radical (unpaired) electrons. The zero-order valence-electron chi connectivity index (χ0n) is 17.6. The van der Waals surface area contributed by atoms with Gasteiger partial charge >= 0.3 is 5.97 Å². The van der Waals surface area contributed by atoms with E-state index in [1.807, 2.05) is 30.3 Å². The lowest BCUT2D eigenvalue weighted by molar-refractivity contribution is -0.149. The Morgan fingerprint density at radius 1 is 1.00 bits per heavy atom. The third-order valence-electron chi connectivity index (χ3n) is 5.07. The van der Waals surface area contributed by atoms with Crippen LogP contribution in [0.25, 0.3) is 11.3 Å². The predicted molar refractivity (Wildman–Crippen MR) is 118 cm³/mol. The van der Waals surface area contributed by atoms with Gasteiger partial charge in [0.05, 0.1) is 6.54 Å². The van der Waals surface area contributed by atoms with E-state index in [-0.39, 0.29) is 0 Å². The molecule has 1 atom stereocenters. The average Bonchev–Trinajstić information content (AvgIpc) is 3.18. The standard InChI is InChI=1S/C25H29NO4/c1-3-21-12-15-23(20-8-6-5-7-9-20)26(21)16-17-30-22-13-10-19(11-14-22)18-24(25(27)28)29-4-2/h5-15,24H,3-4,16-18H2,1-2H3,(H,27,28). The number of rotatable bonds is 11. The molecule has 3 rings (SSSR count). The number of carboxylic acids is 1. The molecule has 5 nitrogen and oxygen atoms in total. The number of carbonyl (C=O) groups is 1. The van der Waals surface area contributed by atoms with Crippen LogP contribution in [0.1, 0.15) is 25.1 Å². The van der Waals surface area contributed by atoms with E-state index in [2.05, 4.69) is 47.9 Å². The molecule has 1 aromatic heterocycles. The van der Waals surface area contributed by atoms with Gasteiger partial charge in [0.2, 0.25) is 0 Å². The average molecular weight is 408 g/mol. The molecule has 0 aliphatic carbocycles. The van der Waals surface area contributed by atoms with Gasteiger partial charge in [-0.05, 0) is 48.7 Å². The number of hydrogen-bond donors (Lipinski definition) is 1. The minimum atomic E-state index is -0.940. The van der Waals surface area contributed by atoms with E-state index < -0.39 is 12.1 Å². The fourth-order valence-corrected chi connectivity index (χ4v) is 3.55. The number of nitrogens with zero attached hydrogens (tertiary/aromatic N) is 1. The lowest BCUT2D eigenvalue weighted by atomic mass is 10.1. The highest BCUT2D eigenvalue weighted by Gasteiger charge is 2.17.